The molecule has 0 atom stereocenters. The molecule has 38 heavy (non-hydrogen) atoms. The summed E-state index contributed by atoms with van der Waals surface area (Å²) in [6.45, 7) is 8.53. The van der Waals surface area contributed by atoms with Crippen molar-refractivity contribution in [2.45, 2.75) is 27.2 Å². The lowest BCUT2D eigenvalue weighted by Gasteiger charge is -2.06. The van der Waals surface area contributed by atoms with E-state index in [1.165, 1.54) is 6.20 Å². The molecule has 0 spiro atoms. The zero-order valence-corrected chi connectivity index (χ0v) is 22.3. The van der Waals surface area contributed by atoms with E-state index < -0.39 is 23.6 Å². The van der Waals surface area contributed by atoms with Gasteiger partial charge >= 0.3 is 0 Å². The molecule has 0 bridgehead atoms. The van der Waals surface area contributed by atoms with E-state index in [0.29, 0.717) is 22.4 Å². The van der Waals surface area contributed by atoms with Gasteiger partial charge in [-0.1, -0.05) is 6.58 Å². The minimum atomic E-state index is -0.543. The average molecular weight is 588 g/mol. The normalized spacial score (nSPS) is 10.5. The van der Waals surface area contributed by atoms with Crippen molar-refractivity contribution in [2.75, 3.05) is 22.5 Å². The van der Waals surface area contributed by atoms with Gasteiger partial charge in [0.2, 0.25) is 0 Å². The number of hydrogen-bond acceptors (Lipinski definition) is 7. The summed E-state index contributed by atoms with van der Waals surface area (Å²) in [4.78, 5) is 52.6. The smallest absolute Gasteiger partial charge is 0.274 e. The molecule has 0 fully saturated rings. The zero-order valence-electron chi connectivity index (χ0n) is 20.7. The summed E-state index contributed by atoms with van der Waals surface area (Å²) in [7, 11) is 0. The topological polar surface area (TPSA) is 239 Å². The Hall–Kier alpha value is -4.73. The van der Waals surface area contributed by atoms with E-state index in [9.17, 15) is 19.2 Å². The molecule has 0 saturated carbocycles. The molecule has 0 aliphatic rings. The minimum absolute atomic E-state index is 0.0497. The van der Waals surface area contributed by atoms with Crippen LogP contribution in [0.25, 0.3) is 0 Å². The van der Waals surface area contributed by atoms with Crippen LogP contribution in [0, 0.1) is 26.2 Å². The van der Waals surface area contributed by atoms with Crippen LogP contribution < -0.4 is 27.0 Å². The summed E-state index contributed by atoms with van der Waals surface area (Å²) < 4.78 is 0.105. The highest BCUT2D eigenvalue weighted by Gasteiger charge is 2.23. The number of H-pyrrole nitrogens is 3. The average Bonchev–Trinajstić information content (AvgIpc) is 3.51. The van der Waals surface area contributed by atoms with Gasteiger partial charge in [0.1, 0.15) is 17.1 Å². The molecule has 0 unspecified atom stereocenters. The quantitative estimate of drug-likeness (QED) is 0.0965. The molecule has 16 heteroatoms. The van der Waals surface area contributed by atoms with Gasteiger partial charge in [-0.25, -0.2) is 0 Å². The molecule has 0 aromatic carbocycles. The molecule has 3 aromatic heterocycles. The summed E-state index contributed by atoms with van der Waals surface area (Å²) in [6, 6.07) is 0. The highest BCUT2D eigenvalue weighted by Crippen LogP contribution is 2.23. The van der Waals surface area contributed by atoms with Crippen molar-refractivity contribution in [3.8, 4) is 0 Å². The second-order valence-electron chi connectivity index (χ2n) is 8.15. The van der Waals surface area contributed by atoms with Gasteiger partial charge in [0, 0.05) is 35.9 Å². The molecule has 4 amide bonds. The van der Waals surface area contributed by atoms with Crippen LogP contribution in [0.1, 0.15) is 54.6 Å². The number of halogens is 1. The summed E-state index contributed by atoms with van der Waals surface area (Å²) in [5, 5.41) is 30.8. The fourth-order valence-corrected chi connectivity index (χ4v) is 3.37. The van der Waals surface area contributed by atoms with Gasteiger partial charge in [0.25, 0.3) is 23.6 Å². The number of anilines is 3. The number of amidine groups is 1. The van der Waals surface area contributed by atoms with Crippen molar-refractivity contribution in [3.63, 3.8) is 0 Å². The van der Waals surface area contributed by atoms with Crippen molar-refractivity contribution < 1.29 is 19.2 Å². The first-order valence-corrected chi connectivity index (χ1v) is 11.9. The van der Waals surface area contributed by atoms with Gasteiger partial charge in [-0.2, -0.15) is 10.2 Å². The van der Waals surface area contributed by atoms with Crippen molar-refractivity contribution >= 4 is 62.7 Å². The predicted molar refractivity (Wildman–Crippen MR) is 144 cm³/mol. The molecule has 0 aliphatic carbocycles. The van der Waals surface area contributed by atoms with Crippen LogP contribution in [0.2, 0.25) is 0 Å². The fraction of sp³-hybridized carbons (Fsp3) is 0.227. The van der Waals surface area contributed by atoms with E-state index in [1.807, 2.05) is 0 Å². The zero-order chi connectivity index (χ0) is 28.1. The maximum absolute atomic E-state index is 12.9. The SMILES string of the molecule is C=C(Br)C(=O)Nc1n[nH]c(C(=O)Nc2c[nH]c(C(=O)Nc3n[nH]c(C(=O)NCCC(=N)N)c3C)c2C)c1C. The number of hydrogen-bond donors (Lipinski definition) is 9. The molecular weight excluding hydrogens is 562 g/mol. The summed E-state index contributed by atoms with van der Waals surface area (Å²) >= 11 is 2.98. The molecule has 15 nitrogen and oxygen atoms in total. The van der Waals surface area contributed by atoms with E-state index in [1.54, 1.807) is 20.8 Å². The minimum Gasteiger partial charge on any atom is -0.388 e. The first-order valence-electron chi connectivity index (χ1n) is 11.1. The third-order valence-corrected chi connectivity index (χ3v) is 5.84. The van der Waals surface area contributed by atoms with E-state index in [2.05, 4.69) is 69.2 Å². The number of carbonyl (C=O) groups excluding carboxylic acids is 4. The molecule has 0 saturated heterocycles. The Morgan fingerprint density at radius 3 is 2.05 bits per heavy atom. The molecule has 10 N–H and O–H groups in total. The Balaban J connectivity index is 1.67. The summed E-state index contributed by atoms with van der Waals surface area (Å²) in [5.41, 5.74) is 7.34. The number of nitrogens with two attached hydrogens (primary N) is 1. The van der Waals surface area contributed by atoms with Crippen LogP contribution in [0.5, 0.6) is 0 Å². The number of aromatic nitrogens is 5. The Morgan fingerprint density at radius 1 is 0.921 bits per heavy atom. The molecule has 0 aliphatic heterocycles. The first-order chi connectivity index (χ1) is 17.9. The van der Waals surface area contributed by atoms with Crippen molar-refractivity contribution in [1.29, 1.82) is 5.41 Å². The van der Waals surface area contributed by atoms with E-state index in [0.717, 1.165) is 0 Å². The fourth-order valence-electron chi connectivity index (χ4n) is 3.27. The predicted octanol–water partition coefficient (Wildman–Crippen LogP) is 1.79. The molecule has 200 valence electrons. The Bertz CT molecular complexity index is 1450. The molecule has 3 rings (SSSR count). The van der Waals surface area contributed by atoms with Crippen LogP contribution >= 0.6 is 15.9 Å². The van der Waals surface area contributed by atoms with Gasteiger partial charge < -0.3 is 32.0 Å². The third-order valence-electron chi connectivity index (χ3n) is 5.48. The highest BCUT2D eigenvalue weighted by atomic mass is 79.9. The first kappa shape index (κ1) is 27.9. The van der Waals surface area contributed by atoms with Crippen LogP contribution in [0.15, 0.2) is 17.3 Å². The van der Waals surface area contributed by atoms with Gasteiger partial charge in [0.15, 0.2) is 11.6 Å². The number of nitrogens with zero attached hydrogens (tertiary/aromatic N) is 2. The lowest BCUT2D eigenvalue weighted by Crippen LogP contribution is -2.28. The summed E-state index contributed by atoms with van der Waals surface area (Å²) in [6.07, 6.45) is 1.66. The maximum Gasteiger partial charge on any atom is 0.274 e. The Kier molecular flexibility index (Phi) is 8.46. The highest BCUT2D eigenvalue weighted by molar-refractivity contribution is 9.12. The monoisotopic (exact) mass is 587 g/mol. The van der Waals surface area contributed by atoms with Crippen molar-refractivity contribution in [3.05, 3.63) is 51.0 Å². The van der Waals surface area contributed by atoms with Gasteiger partial charge in [-0.05, 0) is 36.7 Å². The van der Waals surface area contributed by atoms with Crippen LogP contribution in [-0.2, 0) is 4.79 Å². The van der Waals surface area contributed by atoms with Crippen LogP contribution in [0.3, 0.4) is 0 Å². The molecular formula is C22H26BrN11O4. The number of aromatic amines is 3. The number of amides is 4. The molecule has 3 aromatic rings. The second-order valence-corrected chi connectivity index (χ2v) is 9.10. The largest absolute Gasteiger partial charge is 0.388 e. The van der Waals surface area contributed by atoms with Crippen molar-refractivity contribution in [1.82, 2.24) is 30.7 Å². The van der Waals surface area contributed by atoms with E-state index in [4.69, 9.17) is 11.1 Å². The molecule has 3 heterocycles. The van der Waals surface area contributed by atoms with Gasteiger partial charge in [0.05, 0.1) is 16.0 Å². The van der Waals surface area contributed by atoms with E-state index in [-0.39, 0.29) is 52.0 Å². The van der Waals surface area contributed by atoms with Crippen LogP contribution in [0.4, 0.5) is 17.3 Å². The van der Waals surface area contributed by atoms with Gasteiger partial charge in [-0.3, -0.25) is 34.8 Å². The van der Waals surface area contributed by atoms with Gasteiger partial charge in [-0.15, -0.1) is 0 Å². The standard InChI is InChI=1S/C22H26BrN11O4/c1-8-12(28-22(38)16-10(3)17(33-32-16)29-19(35)11(4)23)7-27-14(8)21(37)30-18-9(2)15(31-34-18)20(36)26-6-5-13(24)25/h7,27H,4-6H2,1-3H3,(H3,24,25)(H,26,36)(H,28,38)(H2,29,32,33,35)(H2,30,31,34,37). The molecule has 0 radical (unpaired) electrons. The lowest BCUT2D eigenvalue weighted by molar-refractivity contribution is -0.112. The number of carbonyl (C=O) groups is 4. The Labute approximate surface area is 224 Å². The van der Waals surface area contributed by atoms with E-state index >= 15 is 0 Å². The van der Waals surface area contributed by atoms with Crippen LogP contribution in [-0.4, -0.2) is 61.4 Å². The number of rotatable bonds is 10. The second kappa shape index (κ2) is 11.5. The van der Waals surface area contributed by atoms with Crippen molar-refractivity contribution in [2.24, 2.45) is 5.73 Å². The Morgan fingerprint density at radius 2 is 1.47 bits per heavy atom. The number of nitrogens with one attached hydrogen (secondary N) is 8. The summed E-state index contributed by atoms with van der Waals surface area (Å²) in [5.74, 6) is -1.76. The lowest BCUT2D eigenvalue weighted by atomic mass is 10.2. The maximum atomic E-state index is 12.9. The third kappa shape index (κ3) is 6.15.